The van der Waals surface area contributed by atoms with Crippen LogP contribution in [0, 0.1) is 11.6 Å². The molecule has 16 heavy (non-hydrogen) atoms. The summed E-state index contributed by atoms with van der Waals surface area (Å²) in [5.74, 6) is -0.920. The molecule has 3 heteroatoms. The molecule has 0 atom stereocenters. The van der Waals surface area contributed by atoms with Gasteiger partial charge >= 0.3 is 0 Å². The van der Waals surface area contributed by atoms with E-state index in [0.29, 0.717) is 17.7 Å². The molecule has 0 radical (unpaired) electrons. The van der Waals surface area contributed by atoms with Gasteiger partial charge in [0, 0.05) is 28.3 Å². The summed E-state index contributed by atoms with van der Waals surface area (Å²) in [5, 5.41) is 0. The predicted octanol–water partition coefficient (Wildman–Crippen LogP) is 3.91. The maximum absolute atomic E-state index is 14.2. The van der Waals surface area contributed by atoms with E-state index < -0.39 is 17.0 Å². The Kier molecular flexibility index (Phi) is 2.37. The maximum Gasteiger partial charge on any atom is 0.135 e. The van der Waals surface area contributed by atoms with Crippen molar-refractivity contribution in [3.8, 4) is 0 Å². The molecule has 1 aromatic rings. The lowest BCUT2D eigenvalue weighted by molar-refractivity contribution is 0.534. The molecule has 1 aliphatic heterocycles. The van der Waals surface area contributed by atoms with Crippen molar-refractivity contribution in [3.05, 3.63) is 28.8 Å². The molecule has 2 rings (SSSR count). The molecule has 0 bridgehead atoms. The minimum absolute atomic E-state index is 0.164. The Morgan fingerprint density at radius 1 is 1.31 bits per heavy atom. The molecule has 86 valence electrons. The number of hydrogen-bond acceptors (Lipinski definition) is 1. The highest BCUT2D eigenvalue weighted by molar-refractivity contribution is 5.99. The molecule has 0 fully saturated rings. The fourth-order valence-electron chi connectivity index (χ4n) is 2.16. The van der Waals surface area contributed by atoms with Crippen molar-refractivity contribution >= 4 is 11.4 Å². The van der Waals surface area contributed by atoms with Gasteiger partial charge in [-0.15, -0.1) is 0 Å². The monoisotopic (exact) mass is 223 g/mol. The van der Waals surface area contributed by atoms with E-state index in [9.17, 15) is 8.78 Å². The summed E-state index contributed by atoms with van der Waals surface area (Å²) in [5.41, 5.74) is 1.53. The van der Waals surface area contributed by atoms with Crippen LogP contribution in [-0.4, -0.2) is 5.71 Å². The fourth-order valence-corrected chi connectivity index (χ4v) is 2.16. The van der Waals surface area contributed by atoms with Crippen LogP contribution in [0.2, 0.25) is 0 Å². The Hall–Kier alpha value is -1.25. The molecule has 0 aliphatic carbocycles. The summed E-state index contributed by atoms with van der Waals surface area (Å²) in [6.07, 6.45) is 0.361. The van der Waals surface area contributed by atoms with Crippen LogP contribution >= 0.6 is 0 Å². The number of nitrogens with zero attached hydrogens (tertiary/aromatic N) is 1. The van der Waals surface area contributed by atoms with Gasteiger partial charge in [-0.3, -0.25) is 4.99 Å². The Morgan fingerprint density at radius 2 is 1.94 bits per heavy atom. The van der Waals surface area contributed by atoms with E-state index in [-0.39, 0.29) is 5.56 Å². The van der Waals surface area contributed by atoms with Crippen LogP contribution in [0.5, 0.6) is 0 Å². The Balaban J connectivity index is 2.76. The molecule has 0 unspecified atom stereocenters. The highest BCUT2D eigenvalue weighted by atomic mass is 19.1. The third-order valence-corrected chi connectivity index (χ3v) is 3.46. The standard InChI is InChI=1S/C13H15F2N/c1-5-8-9(14)6-10-11(12(8)15)13(3,4)7(2)16-10/h6H,5H2,1-4H3. The highest BCUT2D eigenvalue weighted by Gasteiger charge is 2.36. The molecule has 1 nitrogen and oxygen atoms in total. The molecule has 0 saturated heterocycles. The Bertz CT molecular complexity index is 487. The van der Waals surface area contributed by atoms with Crippen LogP contribution in [0.3, 0.4) is 0 Å². The summed E-state index contributed by atoms with van der Waals surface area (Å²) in [4.78, 5) is 4.24. The summed E-state index contributed by atoms with van der Waals surface area (Å²) >= 11 is 0. The zero-order valence-corrected chi connectivity index (χ0v) is 9.99. The van der Waals surface area contributed by atoms with Gasteiger partial charge in [-0.1, -0.05) is 20.8 Å². The smallest absolute Gasteiger partial charge is 0.135 e. The Labute approximate surface area is 94.2 Å². The summed E-state index contributed by atoms with van der Waals surface area (Å²) in [6.45, 7) is 7.43. The van der Waals surface area contributed by atoms with Gasteiger partial charge in [0.2, 0.25) is 0 Å². The number of aliphatic imine (C=N–C) groups is 1. The summed E-state index contributed by atoms with van der Waals surface area (Å²) in [7, 11) is 0. The van der Waals surface area contributed by atoms with Crippen molar-refractivity contribution < 1.29 is 8.78 Å². The minimum Gasteiger partial charge on any atom is -0.257 e. The van der Waals surface area contributed by atoms with E-state index in [0.717, 1.165) is 5.71 Å². The third kappa shape index (κ3) is 1.30. The normalized spacial score (nSPS) is 17.2. The maximum atomic E-state index is 14.2. The van der Waals surface area contributed by atoms with Crippen LogP contribution < -0.4 is 0 Å². The van der Waals surface area contributed by atoms with Crippen molar-refractivity contribution in [2.24, 2.45) is 4.99 Å². The minimum atomic E-state index is -0.493. The first-order valence-corrected chi connectivity index (χ1v) is 5.46. The van der Waals surface area contributed by atoms with E-state index in [2.05, 4.69) is 4.99 Å². The van der Waals surface area contributed by atoms with Gasteiger partial charge in [-0.25, -0.2) is 8.78 Å². The first-order valence-electron chi connectivity index (χ1n) is 5.46. The molecular weight excluding hydrogens is 208 g/mol. The topological polar surface area (TPSA) is 12.4 Å². The predicted molar refractivity (Wildman–Crippen MR) is 61.5 cm³/mol. The lowest BCUT2D eigenvalue weighted by Gasteiger charge is -2.21. The molecule has 0 N–H and O–H groups in total. The summed E-state index contributed by atoms with van der Waals surface area (Å²) < 4.78 is 27.8. The van der Waals surface area contributed by atoms with Crippen LogP contribution in [0.25, 0.3) is 0 Å². The van der Waals surface area contributed by atoms with Crippen molar-refractivity contribution in [1.29, 1.82) is 0 Å². The SMILES string of the molecule is CCc1c(F)cc2c(c1F)C(C)(C)C(C)=N2. The van der Waals surface area contributed by atoms with E-state index in [1.165, 1.54) is 6.07 Å². The van der Waals surface area contributed by atoms with Crippen LogP contribution in [0.4, 0.5) is 14.5 Å². The average Bonchev–Trinajstić information content (AvgIpc) is 2.37. The van der Waals surface area contributed by atoms with E-state index in [4.69, 9.17) is 0 Å². The number of fused-ring (bicyclic) bond motifs is 1. The van der Waals surface area contributed by atoms with Gasteiger partial charge in [0.15, 0.2) is 0 Å². The Morgan fingerprint density at radius 3 is 2.50 bits per heavy atom. The molecule has 0 saturated carbocycles. The van der Waals surface area contributed by atoms with Gasteiger partial charge in [-0.05, 0) is 13.3 Å². The number of halogens is 2. The van der Waals surface area contributed by atoms with Gasteiger partial charge in [0.05, 0.1) is 5.69 Å². The van der Waals surface area contributed by atoms with E-state index in [1.807, 2.05) is 20.8 Å². The van der Waals surface area contributed by atoms with Gasteiger partial charge in [0.25, 0.3) is 0 Å². The van der Waals surface area contributed by atoms with E-state index >= 15 is 0 Å². The lowest BCUT2D eigenvalue weighted by atomic mass is 9.81. The number of rotatable bonds is 1. The number of benzene rings is 1. The molecular formula is C13H15F2N. The van der Waals surface area contributed by atoms with Crippen molar-refractivity contribution in [2.45, 2.75) is 39.5 Å². The zero-order chi connectivity index (χ0) is 12.1. The first kappa shape index (κ1) is 11.2. The third-order valence-electron chi connectivity index (χ3n) is 3.46. The van der Waals surface area contributed by atoms with Crippen LogP contribution in [0.15, 0.2) is 11.1 Å². The van der Waals surface area contributed by atoms with Crippen molar-refractivity contribution in [3.63, 3.8) is 0 Å². The zero-order valence-electron chi connectivity index (χ0n) is 9.99. The van der Waals surface area contributed by atoms with Gasteiger partial charge in [0.1, 0.15) is 11.6 Å². The molecule has 1 aliphatic rings. The van der Waals surface area contributed by atoms with Crippen molar-refractivity contribution in [2.75, 3.05) is 0 Å². The molecule has 0 amide bonds. The average molecular weight is 223 g/mol. The lowest BCUT2D eigenvalue weighted by Crippen LogP contribution is -2.24. The summed E-state index contributed by atoms with van der Waals surface area (Å²) in [6, 6.07) is 1.34. The second-order valence-electron chi connectivity index (χ2n) is 4.72. The van der Waals surface area contributed by atoms with Crippen LogP contribution in [-0.2, 0) is 11.8 Å². The van der Waals surface area contributed by atoms with Gasteiger partial charge in [-0.2, -0.15) is 0 Å². The number of hydrogen-bond donors (Lipinski definition) is 0. The largest absolute Gasteiger partial charge is 0.257 e. The molecule has 0 aromatic heterocycles. The van der Waals surface area contributed by atoms with Gasteiger partial charge < -0.3 is 0 Å². The second kappa shape index (κ2) is 3.37. The van der Waals surface area contributed by atoms with Crippen molar-refractivity contribution in [1.82, 2.24) is 0 Å². The molecule has 1 aromatic carbocycles. The van der Waals surface area contributed by atoms with E-state index in [1.54, 1.807) is 6.92 Å². The van der Waals surface area contributed by atoms with Crippen LogP contribution in [0.1, 0.15) is 38.8 Å². The quantitative estimate of drug-likeness (QED) is 0.684. The highest BCUT2D eigenvalue weighted by Crippen LogP contribution is 2.43. The molecule has 0 spiro atoms. The second-order valence-corrected chi connectivity index (χ2v) is 4.72. The molecule has 1 heterocycles. The first-order chi connectivity index (χ1) is 7.39. The fraction of sp³-hybridized carbons (Fsp3) is 0.462.